The van der Waals surface area contributed by atoms with Crippen LogP contribution >= 0.6 is 0 Å². The van der Waals surface area contributed by atoms with Gasteiger partial charge in [0.1, 0.15) is 12.7 Å². The third-order valence-electron chi connectivity index (χ3n) is 4.05. The van der Waals surface area contributed by atoms with Gasteiger partial charge in [0.2, 0.25) is 5.91 Å². The van der Waals surface area contributed by atoms with Gasteiger partial charge in [-0.15, -0.1) is 0 Å². The normalized spacial score (nSPS) is 28.1. The number of aromatic nitrogens is 2. The largest absolute Gasteiger partial charge is 0.376 e. The van der Waals surface area contributed by atoms with Crippen molar-refractivity contribution in [3.8, 4) is 0 Å². The molecule has 3 atom stereocenters. The van der Waals surface area contributed by atoms with Gasteiger partial charge in [-0.2, -0.15) is 5.10 Å². The van der Waals surface area contributed by atoms with E-state index in [1.807, 2.05) is 13.2 Å². The van der Waals surface area contributed by atoms with E-state index < -0.39 is 0 Å². The molecular formula is C15H23N3O4. The molecule has 2 saturated heterocycles. The molecule has 2 aliphatic heterocycles. The Morgan fingerprint density at radius 1 is 1.45 bits per heavy atom. The van der Waals surface area contributed by atoms with Gasteiger partial charge in [0.25, 0.3) is 0 Å². The van der Waals surface area contributed by atoms with Crippen LogP contribution < -0.4 is 5.32 Å². The Bertz CT molecular complexity index is 499. The maximum Gasteiger partial charge on any atom is 0.246 e. The fourth-order valence-electron chi connectivity index (χ4n) is 2.96. The number of carbonyl (C=O) groups excluding carboxylic acids is 1. The molecule has 0 unspecified atom stereocenters. The molecule has 0 radical (unpaired) electrons. The second kappa shape index (κ2) is 7.21. The van der Waals surface area contributed by atoms with Crippen LogP contribution in [0.5, 0.6) is 0 Å². The van der Waals surface area contributed by atoms with Crippen LogP contribution in [0, 0.1) is 0 Å². The highest BCUT2D eigenvalue weighted by Crippen LogP contribution is 2.28. The maximum atomic E-state index is 12.0. The Morgan fingerprint density at radius 2 is 2.36 bits per heavy atom. The summed E-state index contributed by atoms with van der Waals surface area (Å²) in [4.78, 5) is 12.0. The lowest BCUT2D eigenvalue weighted by Gasteiger charge is -2.19. The molecule has 0 saturated carbocycles. The SMILES string of the molecule is Cn1cc([C@H]2OCC[C@@H]2NC(=O)COC[C@@H]2CCCO2)cn1. The molecule has 7 heteroatoms. The average Bonchev–Trinajstić information content (AvgIpc) is 3.20. The van der Waals surface area contributed by atoms with E-state index in [0.717, 1.165) is 31.4 Å². The van der Waals surface area contributed by atoms with E-state index in [-0.39, 0.29) is 30.8 Å². The third kappa shape index (κ3) is 3.85. The summed E-state index contributed by atoms with van der Waals surface area (Å²) in [5, 5.41) is 7.15. The van der Waals surface area contributed by atoms with Crippen molar-refractivity contribution in [1.82, 2.24) is 15.1 Å². The highest BCUT2D eigenvalue weighted by molar-refractivity contribution is 5.77. The van der Waals surface area contributed by atoms with E-state index in [1.54, 1.807) is 10.9 Å². The summed E-state index contributed by atoms with van der Waals surface area (Å²) < 4.78 is 18.4. The van der Waals surface area contributed by atoms with Crippen molar-refractivity contribution in [1.29, 1.82) is 0 Å². The summed E-state index contributed by atoms with van der Waals surface area (Å²) >= 11 is 0. The summed E-state index contributed by atoms with van der Waals surface area (Å²) in [6, 6.07) is -0.0250. The van der Waals surface area contributed by atoms with E-state index in [2.05, 4.69) is 10.4 Å². The molecule has 0 spiro atoms. The molecule has 22 heavy (non-hydrogen) atoms. The lowest BCUT2D eigenvalue weighted by Crippen LogP contribution is -2.39. The predicted octanol–water partition coefficient (Wildman–Crippen LogP) is 0.562. The van der Waals surface area contributed by atoms with Crippen molar-refractivity contribution in [3.63, 3.8) is 0 Å². The molecule has 7 nitrogen and oxygen atoms in total. The molecular weight excluding hydrogens is 286 g/mol. The van der Waals surface area contributed by atoms with E-state index in [1.165, 1.54) is 0 Å². The highest BCUT2D eigenvalue weighted by Gasteiger charge is 2.31. The number of hydrogen-bond acceptors (Lipinski definition) is 5. The van der Waals surface area contributed by atoms with Crippen LogP contribution in [0.2, 0.25) is 0 Å². The van der Waals surface area contributed by atoms with E-state index in [0.29, 0.717) is 13.2 Å². The first-order valence-corrected chi connectivity index (χ1v) is 7.81. The van der Waals surface area contributed by atoms with Crippen LogP contribution in [0.4, 0.5) is 0 Å². The number of nitrogens with one attached hydrogen (secondary N) is 1. The van der Waals surface area contributed by atoms with E-state index in [9.17, 15) is 4.79 Å². The highest BCUT2D eigenvalue weighted by atomic mass is 16.5. The molecule has 1 aromatic rings. The maximum absolute atomic E-state index is 12.0. The molecule has 2 fully saturated rings. The standard InChI is InChI=1S/C15H23N3O4/c1-18-8-11(7-16-18)15-13(4-6-22-15)17-14(19)10-20-9-12-3-2-5-21-12/h7-8,12-13,15H,2-6,9-10H2,1H3,(H,17,19)/t12-,13-,15+/m0/s1. The van der Waals surface area contributed by atoms with Gasteiger partial charge in [-0.25, -0.2) is 0 Å². The molecule has 0 aromatic carbocycles. The van der Waals surface area contributed by atoms with Crippen LogP contribution in [0.15, 0.2) is 12.4 Å². The Labute approximate surface area is 129 Å². The quantitative estimate of drug-likeness (QED) is 0.831. The lowest BCUT2D eigenvalue weighted by molar-refractivity contribution is -0.128. The minimum Gasteiger partial charge on any atom is -0.376 e. The Balaban J connectivity index is 1.43. The summed E-state index contributed by atoms with van der Waals surface area (Å²) in [5.74, 6) is -0.109. The first-order chi connectivity index (χ1) is 10.7. The van der Waals surface area contributed by atoms with Gasteiger partial charge < -0.3 is 19.5 Å². The van der Waals surface area contributed by atoms with Gasteiger partial charge in [0, 0.05) is 32.0 Å². The number of hydrogen-bond donors (Lipinski definition) is 1. The van der Waals surface area contributed by atoms with Crippen molar-refractivity contribution in [3.05, 3.63) is 18.0 Å². The summed E-state index contributed by atoms with van der Waals surface area (Å²) in [6.45, 7) is 1.99. The Hall–Kier alpha value is -1.44. The van der Waals surface area contributed by atoms with Crippen molar-refractivity contribution in [2.75, 3.05) is 26.4 Å². The number of aryl methyl sites for hydroxylation is 1. The topological polar surface area (TPSA) is 74.6 Å². The predicted molar refractivity (Wildman–Crippen MR) is 78.2 cm³/mol. The summed E-state index contributed by atoms with van der Waals surface area (Å²) in [5.41, 5.74) is 0.991. The molecule has 0 aliphatic carbocycles. The molecule has 3 heterocycles. The second-order valence-corrected chi connectivity index (χ2v) is 5.85. The molecule has 3 rings (SSSR count). The molecule has 1 amide bonds. The van der Waals surface area contributed by atoms with Crippen LogP contribution in [0.25, 0.3) is 0 Å². The molecule has 1 aromatic heterocycles. The van der Waals surface area contributed by atoms with E-state index >= 15 is 0 Å². The zero-order chi connectivity index (χ0) is 15.4. The van der Waals surface area contributed by atoms with Crippen LogP contribution in [-0.4, -0.2) is 54.3 Å². The van der Waals surface area contributed by atoms with Gasteiger partial charge in [-0.3, -0.25) is 9.48 Å². The number of amides is 1. The van der Waals surface area contributed by atoms with Crippen LogP contribution in [0.3, 0.4) is 0 Å². The number of rotatable bonds is 6. The molecule has 122 valence electrons. The van der Waals surface area contributed by atoms with Crippen LogP contribution in [0.1, 0.15) is 30.9 Å². The summed E-state index contributed by atoms with van der Waals surface area (Å²) in [6.07, 6.45) is 6.61. The Kier molecular flexibility index (Phi) is 5.07. The van der Waals surface area contributed by atoms with Gasteiger partial charge in [0.15, 0.2) is 0 Å². The monoisotopic (exact) mass is 309 g/mol. The van der Waals surface area contributed by atoms with Crippen molar-refractivity contribution in [2.45, 2.75) is 37.5 Å². The fraction of sp³-hybridized carbons (Fsp3) is 0.733. The van der Waals surface area contributed by atoms with Crippen molar-refractivity contribution in [2.24, 2.45) is 7.05 Å². The first kappa shape index (κ1) is 15.5. The van der Waals surface area contributed by atoms with Gasteiger partial charge in [-0.05, 0) is 19.3 Å². The van der Waals surface area contributed by atoms with Gasteiger partial charge >= 0.3 is 0 Å². The van der Waals surface area contributed by atoms with Crippen LogP contribution in [-0.2, 0) is 26.1 Å². The molecule has 1 N–H and O–H groups in total. The van der Waals surface area contributed by atoms with Crippen molar-refractivity contribution >= 4 is 5.91 Å². The minimum absolute atomic E-state index is 0.0250. The Morgan fingerprint density at radius 3 is 3.09 bits per heavy atom. The minimum atomic E-state index is -0.129. The third-order valence-corrected chi connectivity index (χ3v) is 4.05. The van der Waals surface area contributed by atoms with Gasteiger partial charge in [0.05, 0.1) is 24.9 Å². The second-order valence-electron chi connectivity index (χ2n) is 5.85. The fourth-order valence-corrected chi connectivity index (χ4v) is 2.96. The van der Waals surface area contributed by atoms with E-state index in [4.69, 9.17) is 14.2 Å². The first-order valence-electron chi connectivity index (χ1n) is 7.81. The summed E-state index contributed by atoms with van der Waals surface area (Å²) in [7, 11) is 1.87. The number of carbonyl (C=O) groups is 1. The average molecular weight is 309 g/mol. The lowest BCUT2D eigenvalue weighted by atomic mass is 10.1. The van der Waals surface area contributed by atoms with Gasteiger partial charge in [-0.1, -0.05) is 0 Å². The molecule has 2 aliphatic rings. The zero-order valence-electron chi connectivity index (χ0n) is 12.9. The number of nitrogens with zero attached hydrogens (tertiary/aromatic N) is 2. The zero-order valence-corrected chi connectivity index (χ0v) is 12.9. The number of ether oxygens (including phenoxy) is 3. The smallest absolute Gasteiger partial charge is 0.246 e. The van der Waals surface area contributed by atoms with Crippen molar-refractivity contribution < 1.29 is 19.0 Å². The molecule has 0 bridgehead atoms.